The summed E-state index contributed by atoms with van der Waals surface area (Å²) in [6, 6.07) is 20.2. The molecule has 2 rings (SSSR count). The maximum absolute atomic E-state index is 12.6. The Balaban J connectivity index is 0.00000200. The van der Waals surface area contributed by atoms with Crippen LogP contribution in [0.3, 0.4) is 0 Å². The molecule has 108 valence electrons. The largest absolute Gasteiger partial charge is 0.319 e. The summed E-state index contributed by atoms with van der Waals surface area (Å²) in [4.78, 5) is 0. The highest BCUT2D eigenvalue weighted by Crippen LogP contribution is 2.27. The van der Waals surface area contributed by atoms with Gasteiger partial charge in [0.1, 0.15) is 0 Å². The lowest BCUT2D eigenvalue weighted by Gasteiger charge is -2.17. The summed E-state index contributed by atoms with van der Waals surface area (Å²) in [5.41, 5.74) is 2.23. The third-order valence-corrected chi connectivity index (χ3v) is 4.70. The topological polar surface area (TPSA) is 29.1 Å². The van der Waals surface area contributed by atoms with Crippen LogP contribution in [0.1, 0.15) is 16.4 Å². The lowest BCUT2D eigenvalue weighted by molar-refractivity contribution is 0.675. The van der Waals surface area contributed by atoms with E-state index in [1.54, 1.807) is 0 Å². The van der Waals surface area contributed by atoms with Crippen LogP contribution < -0.4 is 5.32 Å². The van der Waals surface area contributed by atoms with E-state index in [1.807, 2.05) is 43.4 Å². The molecule has 20 heavy (non-hydrogen) atoms. The van der Waals surface area contributed by atoms with E-state index < -0.39 is 10.8 Å². The van der Waals surface area contributed by atoms with E-state index in [2.05, 4.69) is 29.6 Å². The van der Waals surface area contributed by atoms with Gasteiger partial charge in [0.25, 0.3) is 0 Å². The molecule has 4 heteroatoms. The second-order valence-corrected chi connectivity index (χ2v) is 6.03. The van der Waals surface area contributed by atoms with Crippen LogP contribution in [0.5, 0.6) is 0 Å². The first-order valence-corrected chi connectivity index (χ1v) is 7.83. The zero-order chi connectivity index (χ0) is 13.5. The molecule has 0 aromatic heterocycles. The van der Waals surface area contributed by atoms with Crippen molar-refractivity contribution in [3.05, 3.63) is 71.8 Å². The second kappa shape index (κ2) is 8.90. The Morgan fingerprint density at radius 2 is 1.40 bits per heavy atom. The van der Waals surface area contributed by atoms with Gasteiger partial charge in [0.2, 0.25) is 0 Å². The SMILES string of the molecule is CNCCS(=O)C(c1ccccc1)c1ccccc1.Cl. The van der Waals surface area contributed by atoms with Crippen molar-refractivity contribution in [2.45, 2.75) is 5.25 Å². The Kier molecular flexibility index (Phi) is 7.52. The van der Waals surface area contributed by atoms with Gasteiger partial charge in [-0.2, -0.15) is 0 Å². The molecule has 1 atom stereocenters. The first-order chi connectivity index (χ1) is 9.33. The van der Waals surface area contributed by atoms with E-state index in [-0.39, 0.29) is 17.7 Å². The molecule has 0 heterocycles. The average molecular weight is 310 g/mol. The predicted molar refractivity (Wildman–Crippen MR) is 88.9 cm³/mol. The molecule has 1 unspecified atom stereocenters. The maximum Gasteiger partial charge on any atom is 0.0847 e. The first-order valence-electron chi connectivity index (χ1n) is 6.44. The Bertz CT molecular complexity index is 479. The third-order valence-electron chi connectivity index (χ3n) is 3.02. The van der Waals surface area contributed by atoms with Gasteiger partial charge in [0.15, 0.2) is 0 Å². The van der Waals surface area contributed by atoms with Gasteiger partial charge in [0.05, 0.1) is 5.25 Å². The fourth-order valence-electron chi connectivity index (χ4n) is 2.07. The van der Waals surface area contributed by atoms with Crippen LogP contribution in [0, 0.1) is 0 Å². The maximum atomic E-state index is 12.6. The molecular formula is C16H20ClNOS. The minimum absolute atomic E-state index is 0. The van der Waals surface area contributed by atoms with Crippen molar-refractivity contribution in [3.63, 3.8) is 0 Å². The minimum atomic E-state index is -0.922. The van der Waals surface area contributed by atoms with Gasteiger partial charge in [-0.1, -0.05) is 60.7 Å². The highest BCUT2D eigenvalue weighted by molar-refractivity contribution is 7.85. The highest BCUT2D eigenvalue weighted by Gasteiger charge is 2.20. The molecule has 1 N–H and O–H groups in total. The molecule has 2 nitrogen and oxygen atoms in total. The van der Waals surface area contributed by atoms with E-state index in [4.69, 9.17) is 0 Å². The van der Waals surface area contributed by atoms with E-state index in [0.717, 1.165) is 17.7 Å². The summed E-state index contributed by atoms with van der Waals surface area (Å²) in [6.07, 6.45) is 0. The molecule has 0 saturated heterocycles. The number of halogens is 1. The molecule has 2 aromatic rings. The minimum Gasteiger partial charge on any atom is -0.319 e. The summed E-state index contributed by atoms with van der Waals surface area (Å²) < 4.78 is 12.6. The lowest BCUT2D eigenvalue weighted by atomic mass is 10.0. The summed E-state index contributed by atoms with van der Waals surface area (Å²) in [5, 5.41) is 3.02. The number of hydrogen-bond donors (Lipinski definition) is 1. The molecule has 0 aliphatic carbocycles. The van der Waals surface area contributed by atoms with Crippen molar-refractivity contribution in [2.24, 2.45) is 0 Å². The van der Waals surface area contributed by atoms with Crippen LogP contribution in [-0.4, -0.2) is 23.6 Å². The fourth-order valence-corrected chi connectivity index (χ4v) is 3.63. The Morgan fingerprint density at radius 1 is 0.950 bits per heavy atom. The van der Waals surface area contributed by atoms with Crippen LogP contribution in [-0.2, 0) is 10.8 Å². The zero-order valence-corrected chi connectivity index (χ0v) is 13.1. The lowest BCUT2D eigenvalue weighted by Crippen LogP contribution is -2.20. The number of nitrogens with one attached hydrogen (secondary N) is 1. The van der Waals surface area contributed by atoms with Crippen LogP contribution in [0.4, 0.5) is 0 Å². The summed E-state index contributed by atoms with van der Waals surface area (Å²) >= 11 is 0. The molecule has 0 aliphatic heterocycles. The van der Waals surface area contributed by atoms with Crippen molar-refractivity contribution < 1.29 is 4.21 Å². The monoisotopic (exact) mass is 309 g/mol. The third kappa shape index (κ3) is 4.44. The van der Waals surface area contributed by atoms with Gasteiger partial charge in [-0.15, -0.1) is 12.4 Å². The molecule has 0 aliphatic rings. The first kappa shape index (κ1) is 16.9. The van der Waals surface area contributed by atoms with Gasteiger partial charge in [-0.25, -0.2) is 0 Å². The van der Waals surface area contributed by atoms with E-state index in [0.29, 0.717) is 5.75 Å². The molecule has 0 bridgehead atoms. The fraction of sp³-hybridized carbons (Fsp3) is 0.250. The molecule has 0 fully saturated rings. The van der Waals surface area contributed by atoms with Crippen molar-refractivity contribution in [3.8, 4) is 0 Å². The zero-order valence-electron chi connectivity index (χ0n) is 11.5. The van der Waals surface area contributed by atoms with Crippen LogP contribution in [0.15, 0.2) is 60.7 Å². The molecule has 2 aromatic carbocycles. The molecule has 0 radical (unpaired) electrons. The Hall–Kier alpha value is -1.16. The molecule has 0 amide bonds. The van der Waals surface area contributed by atoms with Gasteiger partial charge < -0.3 is 5.32 Å². The van der Waals surface area contributed by atoms with Crippen LogP contribution >= 0.6 is 12.4 Å². The molecule has 0 saturated carbocycles. The van der Waals surface area contributed by atoms with E-state index >= 15 is 0 Å². The Morgan fingerprint density at radius 3 is 1.80 bits per heavy atom. The van der Waals surface area contributed by atoms with Gasteiger partial charge in [-0.05, 0) is 18.2 Å². The van der Waals surface area contributed by atoms with E-state index in [9.17, 15) is 4.21 Å². The smallest absolute Gasteiger partial charge is 0.0847 e. The molecular weight excluding hydrogens is 290 g/mol. The quantitative estimate of drug-likeness (QED) is 0.888. The second-order valence-electron chi connectivity index (χ2n) is 4.39. The highest BCUT2D eigenvalue weighted by atomic mass is 35.5. The summed E-state index contributed by atoms with van der Waals surface area (Å²) in [6.45, 7) is 0.767. The van der Waals surface area contributed by atoms with Gasteiger partial charge in [0, 0.05) is 23.1 Å². The normalized spacial score (nSPS) is 11.9. The molecule has 0 spiro atoms. The number of hydrogen-bond acceptors (Lipinski definition) is 2. The van der Waals surface area contributed by atoms with Crippen molar-refractivity contribution in [1.29, 1.82) is 0 Å². The standard InChI is InChI=1S/C16H19NOS.ClH/c1-17-12-13-19(18)16(14-8-4-2-5-9-14)15-10-6-3-7-11-15;/h2-11,16-17H,12-13H2,1H3;1H. The van der Waals surface area contributed by atoms with Crippen LogP contribution in [0.25, 0.3) is 0 Å². The summed E-state index contributed by atoms with van der Waals surface area (Å²) in [5.74, 6) is 0.658. The van der Waals surface area contributed by atoms with Gasteiger partial charge in [-0.3, -0.25) is 4.21 Å². The predicted octanol–water partition coefficient (Wildman–Crippen LogP) is 3.17. The van der Waals surface area contributed by atoms with Crippen molar-refractivity contribution in [1.82, 2.24) is 5.32 Å². The van der Waals surface area contributed by atoms with E-state index in [1.165, 1.54) is 0 Å². The Labute approximate surface area is 129 Å². The number of benzene rings is 2. The van der Waals surface area contributed by atoms with Crippen molar-refractivity contribution >= 4 is 23.2 Å². The summed E-state index contributed by atoms with van der Waals surface area (Å²) in [7, 11) is 0.964. The number of rotatable bonds is 6. The average Bonchev–Trinajstić information content (AvgIpc) is 2.47. The van der Waals surface area contributed by atoms with Crippen LogP contribution in [0.2, 0.25) is 0 Å². The van der Waals surface area contributed by atoms with Gasteiger partial charge >= 0.3 is 0 Å². The van der Waals surface area contributed by atoms with Crippen molar-refractivity contribution in [2.75, 3.05) is 19.3 Å².